The van der Waals surface area contributed by atoms with Crippen LogP contribution in [0.1, 0.15) is 29.9 Å². The van der Waals surface area contributed by atoms with Gasteiger partial charge in [-0.15, -0.1) is 0 Å². The second kappa shape index (κ2) is 7.91. The predicted octanol–water partition coefficient (Wildman–Crippen LogP) is 3.94. The Labute approximate surface area is 169 Å². The van der Waals surface area contributed by atoms with Gasteiger partial charge in [0.1, 0.15) is 16.8 Å². The summed E-state index contributed by atoms with van der Waals surface area (Å²) < 4.78 is 33.3. The first kappa shape index (κ1) is 20.3. The van der Waals surface area contributed by atoms with Crippen molar-refractivity contribution in [2.24, 2.45) is 0 Å². The summed E-state index contributed by atoms with van der Waals surface area (Å²) in [7, 11) is -3.68. The van der Waals surface area contributed by atoms with Gasteiger partial charge in [0.15, 0.2) is 0 Å². The lowest BCUT2D eigenvalue weighted by atomic mass is 10.1. The molecule has 0 aliphatic carbocycles. The Bertz CT molecular complexity index is 938. The van der Waals surface area contributed by atoms with Crippen molar-refractivity contribution >= 4 is 33.2 Å². The third-order valence-corrected chi connectivity index (χ3v) is 7.23. The SMILES string of the molecule is Cc1cc(OC2CCN(S(=O)(=O)c3cc(C)c(Cl)cc3Cl)CC2)nc(C)n1. The average Bonchev–Trinajstić information content (AvgIpc) is 2.57. The molecule has 27 heavy (non-hydrogen) atoms. The summed E-state index contributed by atoms with van der Waals surface area (Å²) >= 11 is 12.2. The zero-order chi connectivity index (χ0) is 19.8. The normalized spacial score (nSPS) is 16.5. The van der Waals surface area contributed by atoms with Crippen molar-refractivity contribution in [1.29, 1.82) is 0 Å². The molecular weight excluding hydrogens is 409 g/mol. The Morgan fingerprint density at radius 3 is 2.33 bits per heavy atom. The summed E-state index contributed by atoms with van der Waals surface area (Å²) in [6, 6.07) is 4.78. The first-order chi connectivity index (χ1) is 12.7. The number of sulfonamides is 1. The number of aryl methyl sites for hydroxylation is 3. The van der Waals surface area contributed by atoms with Gasteiger partial charge in [0.25, 0.3) is 0 Å². The van der Waals surface area contributed by atoms with Crippen molar-refractivity contribution in [2.45, 2.75) is 44.6 Å². The van der Waals surface area contributed by atoms with Crippen molar-refractivity contribution in [3.05, 3.63) is 45.3 Å². The maximum absolute atomic E-state index is 13.0. The van der Waals surface area contributed by atoms with E-state index in [9.17, 15) is 8.42 Å². The average molecular weight is 430 g/mol. The number of hydrogen-bond acceptors (Lipinski definition) is 5. The molecule has 1 saturated heterocycles. The number of ether oxygens (including phenoxy) is 1. The van der Waals surface area contributed by atoms with Gasteiger partial charge in [-0.2, -0.15) is 9.29 Å². The summed E-state index contributed by atoms with van der Waals surface area (Å²) in [4.78, 5) is 8.59. The lowest BCUT2D eigenvalue weighted by Crippen LogP contribution is -2.41. The lowest BCUT2D eigenvalue weighted by molar-refractivity contribution is 0.129. The van der Waals surface area contributed by atoms with Gasteiger partial charge in [0, 0.05) is 29.9 Å². The molecule has 2 aromatic rings. The van der Waals surface area contributed by atoms with Gasteiger partial charge in [-0.3, -0.25) is 0 Å². The zero-order valence-corrected chi connectivity index (χ0v) is 17.7. The van der Waals surface area contributed by atoms with Crippen molar-refractivity contribution in [1.82, 2.24) is 14.3 Å². The third kappa shape index (κ3) is 4.54. The molecule has 146 valence electrons. The number of hydrogen-bond donors (Lipinski definition) is 0. The van der Waals surface area contributed by atoms with Crippen molar-refractivity contribution in [3.63, 3.8) is 0 Å². The van der Waals surface area contributed by atoms with E-state index in [0.717, 1.165) is 5.69 Å². The highest BCUT2D eigenvalue weighted by atomic mass is 35.5. The largest absolute Gasteiger partial charge is 0.474 e. The molecule has 0 bridgehead atoms. The molecule has 1 aromatic carbocycles. The molecule has 6 nitrogen and oxygen atoms in total. The first-order valence-electron chi connectivity index (χ1n) is 8.61. The second-order valence-corrected chi connectivity index (χ2v) is 9.37. The highest BCUT2D eigenvalue weighted by molar-refractivity contribution is 7.89. The number of piperidine rings is 1. The van der Waals surface area contributed by atoms with E-state index in [-0.39, 0.29) is 16.0 Å². The van der Waals surface area contributed by atoms with Crippen LogP contribution in [-0.2, 0) is 10.0 Å². The van der Waals surface area contributed by atoms with Gasteiger partial charge in [-0.25, -0.2) is 13.4 Å². The molecule has 0 radical (unpaired) electrons. The summed E-state index contributed by atoms with van der Waals surface area (Å²) in [6.07, 6.45) is 1.06. The quantitative estimate of drug-likeness (QED) is 0.735. The van der Waals surface area contributed by atoms with E-state index in [2.05, 4.69) is 9.97 Å². The number of rotatable bonds is 4. The Morgan fingerprint density at radius 1 is 1.04 bits per heavy atom. The highest BCUT2D eigenvalue weighted by Gasteiger charge is 2.32. The molecule has 1 fully saturated rings. The third-order valence-electron chi connectivity index (χ3n) is 4.46. The minimum atomic E-state index is -3.68. The Balaban J connectivity index is 1.70. The van der Waals surface area contributed by atoms with Crippen LogP contribution in [-0.4, -0.2) is 41.9 Å². The topological polar surface area (TPSA) is 72.4 Å². The molecule has 0 unspecified atom stereocenters. The van der Waals surface area contributed by atoms with Gasteiger partial charge in [0.05, 0.1) is 5.02 Å². The highest BCUT2D eigenvalue weighted by Crippen LogP contribution is 2.31. The molecule has 9 heteroatoms. The summed E-state index contributed by atoms with van der Waals surface area (Å²) in [5.41, 5.74) is 1.51. The molecule has 0 spiro atoms. The Kier molecular flexibility index (Phi) is 5.96. The fourth-order valence-corrected chi connectivity index (χ4v) is 5.35. The predicted molar refractivity (Wildman–Crippen MR) is 105 cm³/mol. The van der Waals surface area contributed by atoms with Crippen LogP contribution in [0.15, 0.2) is 23.1 Å². The molecule has 3 rings (SSSR count). The summed E-state index contributed by atoms with van der Waals surface area (Å²) in [5, 5.41) is 0.581. The van der Waals surface area contributed by atoms with Gasteiger partial charge in [-0.05, 0) is 51.3 Å². The van der Waals surface area contributed by atoms with Gasteiger partial charge in [-0.1, -0.05) is 23.2 Å². The van der Waals surface area contributed by atoms with Crippen molar-refractivity contribution in [2.75, 3.05) is 13.1 Å². The molecule has 1 aromatic heterocycles. The van der Waals surface area contributed by atoms with Crippen LogP contribution in [0, 0.1) is 20.8 Å². The van der Waals surface area contributed by atoms with Crippen molar-refractivity contribution in [3.8, 4) is 5.88 Å². The molecule has 0 N–H and O–H groups in total. The van der Waals surface area contributed by atoms with E-state index in [4.69, 9.17) is 27.9 Å². The summed E-state index contributed by atoms with van der Waals surface area (Å²) in [6.45, 7) is 6.16. The van der Waals surface area contributed by atoms with Crippen LogP contribution >= 0.6 is 23.2 Å². The van der Waals surface area contributed by atoms with Gasteiger partial charge < -0.3 is 4.74 Å². The van der Waals surface area contributed by atoms with E-state index >= 15 is 0 Å². The summed E-state index contributed by atoms with van der Waals surface area (Å²) in [5.74, 6) is 1.18. The van der Waals surface area contributed by atoms with E-state index in [1.165, 1.54) is 16.4 Å². The molecule has 0 saturated carbocycles. The van der Waals surface area contributed by atoms with Crippen LogP contribution in [0.3, 0.4) is 0 Å². The number of halogens is 2. The minimum absolute atomic E-state index is 0.0902. The Hall–Kier alpha value is -1.41. The van der Waals surface area contributed by atoms with E-state index in [0.29, 0.717) is 48.2 Å². The van der Waals surface area contributed by atoms with E-state index < -0.39 is 10.0 Å². The molecule has 1 aliphatic heterocycles. The number of benzene rings is 1. The van der Waals surface area contributed by atoms with Gasteiger partial charge in [0.2, 0.25) is 15.9 Å². The molecule has 1 aliphatic rings. The molecular formula is C18H21Cl2N3O3S. The molecule has 0 amide bonds. The van der Waals surface area contributed by atoms with Crippen LogP contribution in [0.4, 0.5) is 0 Å². The minimum Gasteiger partial charge on any atom is -0.474 e. The molecule has 0 atom stereocenters. The Morgan fingerprint density at radius 2 is 1.70 bits per heavy atom. The van der Waals surface area contributed by atoms with Gasteiger partial charge >= 0.3 is 0 Å². The molecule has 2 heterocycles. The lowest BCUT2D eigenvalue weighted by Gasteiger charge is -2.31. The monoisotopic (exact) mass is 429 g/mol. The fourth-order valence-electron chi connectivity index (χ4n) is 3.07. The van der Waals surface area contributed by atoms with E-state index in [1.54, 1.807) is 13.0 Å². The number of nitrogens with zero attached hydrogens (tertiary/aromatic N) is 3. The fraction of sp³-hybridized carbons (Fsp3) is 0.444. The van der Waals surface area contributed by atoms with E-state index in [1.807, 2.05) is 13.8 Å². The van der Waals surface area contributed by atoms with Crippen molar-refractivity contribution < 1.29 is 13.2 Å². The maximum atomic E-state index is 13.0. The first-order valence-corrected chi connectivity index (χ1v) is 10.8. The smallest absolute Gasteiger partial charge is 0.244 e. The maximum Gasteiger partial charge on any atom is 0.244 e. The second-order valence-electron chi connectivity index (χ2n) is 6.65. The van der Waals surface area contributed by atoms with Crippen LogP contribution in [0.5, 0.6) is 5.88 Å². The van der Waals surface area contributed by atoms with Crippen LogP contribution in [0.25, 0.3) is 0 Å². The number of aromatic nitrogens is 2. The zero-order valence-electron chi connectivity index (χ0n) is 15.4. The standard InChI is InChI=1S/C18H21Cl2N3O3S/c1-11-8-17(16(20)10-15(11)19)27(24,25)23-6-4-14(5-7-23)26-18-9-12(2)21-13(3)22-18/h8-10,14H,4-7H2,1-3H3. The van der Waals surface area contributed by atoms with Crippen LogP contribution < -0.4 is 4.74 Å². The van der Waals surface area contributed by atoms with Crippen LogP contribution in [0.2, 0.25) is 10.0 Å².